The lowest BCUT2D eigenvalue weighted by atomic mass is 10.2. The van der Waals surface area contributed by atoms with E-state index < -0.39 is 0 Å². The van der Waals surface area contributed by atoms with Crippen LogP contribution in [0.15, 0.2) is 34.8 Å². The summed E-state index contributed by atoms with van der Waals surface area (Å²) in [6.07, 6.45) is 3.22. The third-order valence-electron chi connectivity index (χ3n) is 1.49. The Morgan fingerprint density at radius 1 is 1.46 bits per heavy atom. The van der Waals surface area contributed by atoms with Crippen molar-refractivity contribution in [1.82, 2.24) is 0 Å². The molecule has 0 unspecified atom stereocenters. The summed E-state index contributed by atoms with van der Waals surface area (Å²) >= 11 is 8.72. The number of allylic oxidation sites excluding steroid dienone is 1. The van der Waals surface area contributed by atoms with Crippen molar-refractivity contribution in [2.75, 3.05) is 5.88 Å². The maximum atomic E-state index is 10.9. The van der Waals surface area contributed by atoms with Crippen molar-refractivity contribution >= 4 is 39.4 Å². The van der Waals surface area contributed by atoms with Crippen LogP contribution in [0.4, 0.5) is 0 Å². The highest BCUT2D eigenvalue weighted by Crippen LogP contribution is 2.16. The van der Waals surface area contributed by atoms with Crippen LogP contribution in [0.2, 0.25) is 0 Å². The van der Waals surface area contributed by atoms with Gasteiger partial charge >= 0.3 is 0 Å². The van der Waals surface area contributed by atoms with Gasteiger partial charge in [0, 0.05) is 4.47 Å². The maximum absolute atomic E-state index is 10.9. The Morgan fingerprint density at radius 3 is 2.77 bits per heavy atom. The van der Waals surface area contributed by atoms with Crippen LogP contribution in [-0.4, -0.2) is 11.7 Å². The molecule has 0 saturated carbocycles. The SMILES string of the molecule is O=C(/C=C\c1ccccc1Br)CCl. The van der Waals surface area contributed by atoms with E-state index in [0.29, 0.717) is 0 Å². The molecule has 0 aliphatic rings. The van der Waals surface area contributed by atoms with Crippen LogP contribution in [0.25, 0.3) is 6.08 Å². The fourth-order valence-electron chi connectivity index (χ4n) is 0.838. The molecular formula is C10H8BrClO. The van der Waals surface area contributed by atoms with Crippen molar-refractivity contribution in [2.24, 2.45) is 0 Å². The summed E-state index contributed by atoms with van der Waals surface area (Å²) in [5.74, 6) is -0.0570. The molecule has 0 bridgehead atoms. The van der Waals surface area contributed by atoms with Gasteiger partial charge in [0.25, 0.3) is 0 Å². The van der Waals surface area contributed by atoms with Crippen LogP contribution in [0.3, 0.4) is 0 Å². The lowest BCUT2D eigenvalue weighted by Gasteiger charge is -1.95. The number of hydrogen-bond donors (Lipinski definition) is 0. The number of rotatable bonds is 3. The molecule has 0 atom stereocenters. The van der Waals surface area contributed by atoms with Crippen molar-refractivity contribution in [2.45, 2.75) is 0 Å². The average molecular weight is 260 g/mol. The van der Waals surface area contributed by atoms with E-state index in [1.54, 1.807) is 6.08 Å². The molecule has 0 aromatic heterocycles. The van der Waals surface area contributed by atoms with Crippen LogP contribution in [0, 0.1) is 0 Å². The fourth-order valence-corrected chi connectivity index (χ4v) is 1.34. The molecule has 13 heavy (non-hydrogen) atoms. The summed E-state index contributed by atoms with van der Waals surface area (Å²) in [5, 5.41) is 0. The predicted octanol–water partition coefficient (Wildman–Crippen LogP) is 3.27. The quantitative estimate of drug-likeness (QED) is 0.601. The zero-order valence-electron chi connectivity index (χ0n) is 6.84. The number of benzene rings is 1. The fraction of sp³-hybridized carbons (Fsp3) is 0.100. The zero-order valence-corrected chi connectivity index (χ0v) is 9.18. The van der Waals surface area contributed by atoms with Crippen LogP contribution < -0.4 is 0 Å². The Hall–Kier alpha value is -0.600. The number of carbonyl (C=O) groups excluding carboxylic acids is 1. The Kier molecular flexibility index (Phi) is 4.19. The zero-order chi connectivity index (χ0) is 9.68. The first-order valence-electron chi connectivity index (χ1n) is 3.75. The van der Waals surface area contributed by atoms with Crippen molar-refractivity contribution in [3.63, 3.8) is 0 Å². The molecule has 0 aliphatic carbocycles. The van der Waals surface area contributed by atoms with Gasteiger partial charge in [-0.2, -0.15) is 0 Å². The molecule has 0 radical (unpaired) electrons. The molecule has 0 N–H and O–H groups in total. The minimum atomic E-state index is -0.0857. The number of halogens is 2. The molecule has 0 spiro atoms. The van der Waals surface area contributed by atoms with Crippen LogP contribution in [-0.2, 0) is 4.79 Å². The first-order chi connectivity index (χ1) is 6.24. The summed E-state index contributed by atoms with van der Waals surface area (Å²) in [7, 11) is 0. The molecular weight excluding hydrogens is 251 g/mol. The highest BCUT2D eigenvalue weighted by molar-refractivity contribution is 9.10. The maximum Gasteiger partial charge on any atom is 0.170 e. The smallest absolute Gasteiger partial charge is 0.170 e. The van der Waals surface area contributed by atoms with Gasteiger partial charge in [-0.25, -0.2) is 0 Å². The monoisotopic (exact) mass is 258 g/mol. The minimum absolute atomic E-state index is 0.0287. The predicted molar refractivity (Wildman–Crippen MR) is 58.9 cm³/mol. The van der Waals surface area contributed by atoms with Gasteiger partial charge in [-0.15, -0.1) is 11.6 Å². The highest BCUT2D eigenvalue weighted by Gasteiger charge is 1.95. The van der Waals surface area contributed by atoms with Gasteiger partial charge in [0.2, 0.25) is 0 Å². The number of carbonyl (C=O) groups is 1. The lowest BCUT2D eigenvalue weighted by molar-refractivity contribution is -0.112. The molecule has 0 aliphatic heterocycles. The summed E-state index contributed by atoms with van der Waals surface area (Å²) in [6.45, 7) is 0. The third-order valence-corrected chi connectivity index (χ3v) is 2.47. The molecule has 3 heteroatoms. The third kappa shape index (κ3) is 3.33. The Morgan fingerprint density at radius 2 is 2.15 bits per heavy atom. The second kappa shape index (κ2) is 5.20. The molecule has 1 rings (SSSR count). The number of ketones is 1. The first kappa shape index (κ1) is 10.5. The second-order valence-corrected chi connectivity index (χ2v) is 3.58. The van der Waals surface area contributed by atoms with E-state index >= 15 is 0 Å². The van der Waals surface area contributed by atoms with Crippen LogP contribution >= 0.6 is 27.5 Å². The van der Waals surface area contributed by atoms with E-state index in [1.165, 1.54) is 6.08 Å². The Balaban J connectivity index is 2.80. The van der Waals surface area contributed by atoms with Crippen molar-refractivity contribution in [3.05, 3.63) is 40.4 Å². The van der Waals surface area contributed by atoms with E-state index in [1.807, 2.05) is 24.3 Å². The van der Waals surface area contributed by atoms with E-state index in [2.05, 4.69) is 15.9 Å². The lowest BCUT2D eigenvalue weighted by Crippen LogP contribution is -1.91. The average Bonchev–Trinajstić information content (AvgIpc) is 2.16. The van der Waals surface area contributed by atoms with Crippen molar-refractivity contribution in [3.8, 4) is 0 Å². The minimum Gasteiger partial charge on any atom is -0.294 e. The van der Waals surface area contributed by atoms with Crippen molar-refractivity contribution in [1.29, 1.82) is 0 Å². The molecule has 0 amide bonds. The molecule has 1 nitrogen and oxygen atoms in total. The van der Waals surface area contributed by atoms with Crippen LogP contribution in [0.5, 0.6) is 0 Å². The summed E-state index contributed by atoms with van der Waals surface area (Å²) in [5.41, 5.74) is 0.973. The van der Waals surface area contributed by atoms with Gasteiger partial charge in [-0.05, 0) is 17.7 Å². The Bertz CT molecular complexity index is 333. The summed E-state index contributed by atoms with van der Waals surface area (Å²) in [6, 6.07) is 7.67. The largest absolute Gasteiger partial charge is 0.294 e. The van der Waals surface area contributed by atoms with Gasteiger partial charge in [-0.3, -0.25) is 4.79 Å². The standard InChI is InChI=1S/C10H8BrClO/c11-10-4-2-1-3-8(10)5-6-9(13)7-12/h1-6H,7H2/b6-5-. The van der Waals surface area contributed by atoms with E-state index in [-0.39, 0.29) is 11.7 Å². The molecule has 1 aromatic carbocycles. The van der Waals surface area contributed by atoms with Gasteiger partial charge in [0.05, 0.1) is 5.88 Å². The molecule has 1 aromatic rings. The van der Waals surface area contributed by atoms with E-state index in [0.717, 1.165) is 10.0 Å². The summed E-state index contributed by atoms with van der Waals surface area (Å²) in [4.78, 5) is 10.9. The van der Waals surface area contributed by atoms with Gasteiger partial charge in [-0.1, -0.05) is 40.2 Å². The molecule has 0 saturated heterocycles. The van der Waals surface area contributed by atoms with Crippen molar-refractivity contribution < 1.29 is 4.79 Å². The molecule has 0 heterocycles. The normalized spacial score (nSPS) is 10.6. The first-order valence-corrected chi connectivity index (χ1v) is 5.08. The number of alkyl halides is 1. The van der Waals surface area contributed by atoms with Crippen LogP contribution in [0.1, 0.15) is 5.56 Å². The number of hydrogen-bond acceptors (Lipinski definition) is 1. The van der Waals surface area contributed by atoms with Gasteiger partial charge in [0.1, 0.15) is 0 Å². The van der Waals surface area contributed by atoms with Gasteiger partial charge < -0.3 is 0 Å². The summed E-state index contributed by atoms with van der Waals surface area (Å²) < 4.78 is 0.966. The Labute approximate surface area is 90.5 Å². The van der Waals surface area contributed by atoms with Gasteiger partial charge in [0.15, 0.2) is 5.78 Å². The van der Waals surface area contributed by atoms with E-state index in [4.69, 9.17) is 11.6 Å². The van der Waals surface area contributed by atoms with E-state index in [9.17, 15) is 4.79 Å². The second-order valence-electron chi connectivity index (χ2n) is 2.45. The highest BCUT2D eigenvalue weighted by atomic mass is 79.9. The molecule has 68 valence electrons. The molecule has 0 fully saturated rings. The topological polar surface area (TPSA) is 17.1 Å².